The molecule has 0 radical (unpaired) electrons. The highest BCUT2D eigenvalue weighted by Gasteiger charge is 2.20. The van der Waals surface area contributed by atoms with Crippen molar-refractivity contribution in [3.63, 3.8) is 0 Å². The highest BCUT2D eigenvalue weighted by Crippen LogP contribution is 2.27. The summed E-state index contributed by atoms with van der Waals surface area (Å²) >= 11 is 1.75. The summed E-state index contributed by atoms with van der Waals surface area (Å²) in [6.45, 7) is 5.04. The maximum Gasteiger partial charge on any atom is 0.191 e. The van der Waals surface area contributed by atoms with E-state index in [0.717, 1.165) is 37.2 Å². The maximum absolute atomic E-state index is 5.56. The lowest BCUT2D eigenvalue weighted by Gasteiger charge is -2.09. The zero-order chi connectivity index (χ0) is 10.7. The number of thioether (sulfide) groups is 1. The summed E-state index contributed by atoms with van der Waals surface area (Å²) < 4.78 is 7.41. The van der Waals surface area contributed by atoms with Gasteiger partial charge < -0.3 is 15.0 Å². The van der Waals surface area contributed by atoms with E-state index in [2.05, 4.69) is 14.8 Å². The van der Waals surface area contributed by atoms with Crippen LogP contribution >= 0.6 is 11.8 Å². The largest absolute Gasteiger partial charge is 0.380 e. The molecule has 84 valence electrons. The van der Waals surface area contributed by atoms with Gasteiger partial charge in [-0.05, 0) is 13.3 Å². The van der Waals surface area contributed by atoms with E-state index in [4.69, 9.17) is 10.5 Å². The van der Waals surface area contributed by atoms with E-state index in [9.17, 15) is 0 Å². The predicted octanol–water partition coefficient (Wildman–Crippen LogP) is 0.426. The van der Waals surface area contributed by atoms with Gasteiger partial charge in [0.1, 0.15) is 5.82 Å². The van der Waals surface area contributed by atoms with Gasteiger partial charge in [0.25, 0.3) is 0 Å². The van der Waals surface area contributed by atoms with Crippen molar-refractivity contribution in [3.8, 4) is 0 Å². The highest BCUT2D eigenvalue weighted by molar-refractivity contribution is 7.99. The zero-order valence-corrected chi connectivity index (χ0v) is 9.66. The third-order valence-corrected chi connectivity index (χ3v) is 3.63. The highest BCUT2D eigenvalue weighted by atomic mass is 32.2. The van der Waals surface area contributed by atoms with Crippen LogP contribution in [0.15, 0.2) is 5.16 Å². The predicted molar refractivity (Wildman–Crippen MR) is 58.9 cm³/mol. The minimum absolute atomic E-state index is 0.519. The normalized spacial score (nSPS) is 21.1. The van der Waals surface area contributed by atoms with Gasteiger partial charge in [0.05, 0.1) is 6.61 Å². The van der Waals surface area contributed by atoms with Crippen LogP contribution in [0.25, 0.3) is 0 Å². The number of ether oxygens (including phenoxy) is 1. The Hall–Kier alpha value is -0.590. The summed E-state index contributed by atoms with van der Waals surface area (Å²) in [6, 6.07) is 0. The van der Waals surface area contributed by atoms with E-state index in [-0.39, 0.29) is 0 Å². The van der Waals surface area contributed by atoms with Crippen molar-refractivity contribution in [3.05, 3.63) is 5.82 Å². The molecule has 1 saturated heterocycles. The molecular weight excluding hydrogens is 212 g/mol. The number of aromatic nitrogens is 3. The molecule has 15 heavy (non-hydrogen) atoms. The van der Waals surface area contributed by atoms with Gasteiger partial charge in [-0.3, -0.25) is 0 Å². The van der Waals surface area contributed by atoms with Crippen LogP contribution in [0.4, 0.5) is 0 Å². The average Bonchev–Trinajstić information content (AvgIpc) is 2.83. The lowest BCUT2D eigenvalue weighted by molar-refractivity contribution is 0.199. The minimum Gasteiger partial charge on any atom is -0.380 e. The molecule has 0 aliphatic carbocycles. The van der Waals surface area contributed by atoms with Crippen molar-refractivity contribution < 1.29 is 4.74 Å². The molecule has 5 nitrogen and oxygen atoms in total. The maximum atomic E-state index is 5.56. The number of nitrogens with zero attached hydrogens (tertiary/aromatic N) is 3. The minimum atomic E-state index is 0.519. The smallest absolute Gasteiger partial charge is 0.191 e. The number of rotatable bonds is 4. The molecule has 2 N–H and O–H groups in total. The van der Waals surface area contributed by atoms with Gasteiger partial charge in [-0.2, -0.15) is 0 Å². The summed E-state index contributed by atoms with van der Waals surface area (Å²) in [5.41, 5.74) is 5.56. The molecule has 2 rings (SSSR count). The van der Waals surface area contributed by atoms with Crippen LogP contribution in [0.3, 0.4) is 0 Å². The van der Waals surface area contributed by atoms with Crippen LogP contribution < -0.4 is 5.73 Å². The fourth-order valence-electron chi connectivity index (χ4n) is 1.59. The summed E-state index contributed by atoms with van der Waals surface area (Å²) in [4.78, 5) is 0. The van der Waals surface area contributed by atoms with E-state index >= 15 is 0 Å². The number of hydrogen-bond donors (Lipinski definition) is 1. The van der Waals surface area contributed by atoms with E-state index in [1.54, 1.807) is 11.8 Å². The molecule has 0 spiro atoms. The Morgan fingerprint density at radius 1 is 1.60 bits per heavy atom. The molecule has 2 heterocycles. The lowest BCUT2D eigenvalue weighted by Crippen LogP contribution is -2.13. The first-order valence-corrected chi connectivity index (χ1v) is 6.03. The summed E-state index contributed by atoms with van der Waals surface area (Å²) in [7, 11) is 0. The van der Waals surface area contributed by atoms with Crippen LogP contribution in [-0.2, 0) is 11.3 Å². The van der Waals surface area contributed by atoms with E-state index in [1.165, 1.54) is 0 Å². The molecule has 0 amide bonds. The molecule has 1 unspecified atom stereocenters. The van der Waals surface area contributed by atoms with Crippen molar-refractivity contribution in [2.75, 3.05) is 19.8 Å². The molecular formula is C9H16N4OS. The second kappa shape index (κ2) is 4.96. The van der Waals surface area contributed by atoms with Crippen LogP contribution in [0.2, 0.25) is 0 Å². The molecule has 6 heteroatoms. The first-order chi connectivity index (χ1) is 7.31. The van der Waals surface area contributed by atoms with Crippen LogP contribution in [0.5, 0.6) is 0 Å². The number of nitrogens with two attached hydrogens (primary N) is 1. The van der Waals surface area contributed by atoms with Crippen molar-refractivity contribution in [2.24, 2.45) is 5.73 Å². The lowest BCUT2D eigenvalue weighted by atomic mass is 10.4. The summed E-state index contributed by atoms with van der Waals surface area (Å²) in [5.74, 6) is 0.932. The Morgan fingerprint density at radius 3 is 3.13 bits per heavy atom. The van der Waals surface area contributed by atoms with Crippen LogP contribution in [0, 0.1) is 6.92 Å². The molecule has 1 aliphatic heterocycles. The molecule has 0 aromatic carbocycles. The Labute approximate surface area is 93.4 Å². The average molecular weight is 228 g/mol. The second-order valence-electron chi connectivity index (χ2n) is 3.57. The summed E-state index contributed by atoms with van der Waals surface area (Å²) in [6.07, 6.45) is 1.10. The van der Waals surface area contributed by atoms with Gasteiger partial charge in [-0.1, -0.05) is 11.8 Å². The quantitative estimate of drug-likeness (QED) is 0.809. The fourth-order valence-corrected chi connectivity index (χ4v) is 2.71. The van der Waals surface area contributed by atoms with E-state index < -0.39 is 0 Å². The topological polar surface area (TPSA) is 66.0 Å². The Morgan fingerprint density at radius 2 is 2.47 bits per heavy atom. The molecule has 1 fully saturated rings. The Kier molecular flexibility index (Phi) is 3.61. The second-order valence-corrected chi connectivity index (χ2v) is 4.84. The van der Waals surface area contributed by atoms with E-state index in [0.29, 0.717) is 11.8 Å². The van der Waals surface area contributed by atoms with E-state index in [1.807, 2.05) is 6.92 Å². The molecule has 1 aromatic heterocycles. The standard InChI is InChI=1S/C9H16N4OS/c1-7-11-12-9(13(7)4-3-10)15-8-2-5-14-6-8/h8H,2-6,10H2,1H3. The first kappa shape index (κ1) is 10.9. The SMILES string of the molecule is Cc1nnc(SC2CCOC2)n1CCN. The van der Waals surface area contributed by atoms with Crippen molar-refractivity contribution in [1.82, 2.24) is 14.8 Å². The van der Waals surface area contributed by atoms with Gasteiger partial charge in [0.2, 0.25) is 0 Å². The molecule has 1 aromatic rings. The van der Waals surface area contributed by atoms with Gasteiger partial charge in [0, 0.05) is 24.9 Å². The van der Waals surface area contributed by atoms with Crippen molar-refractivity contribution >= 4 is 11.8 Å². The number of aryl methyl sites for hydroxylation is 1. The molecule has 0 saturated carbocycles. The van der Waals surface area contributed by atoms with Gasteiger partial charge >= 0.3 is 0 Å². The van der Waals surface area contributed by atoms with Crippen molar-refractivity contribution in [1.29, 1.82) is 0 Å². The Bertz CT molecular complexity index is 322. The molecule has 1 atom stereocenters. The monoisotopic (exact) mass is 228 g/mol. The van der Waals surface area contributed by atoms with Gasteiger partial charge in [-0.15, -0.1) is 10.2 Å². The first-order valence-electron chi connectivity index (χ1n) is 5.15. The molecule has 1 aliphatic rings. The zero-order valence-electron chi connectivity index (χ0n) is 8.85. The number of hydrogen-bond acceptors (Lipinski definition) is 5. The van der Waals surface area contributed by atoms with Crippen molar-refractivity contribution in [2.45, 2.75) is 30.3 Å². The third kappa shape index (κ3) is 2.50. The van der Waals surface area contributed by atoms with Gasteiger partial charge in [-0.25, -0.2) is 0 Å². The van der Waals surface area contributed by atoms with Gasteiger partial charge in [0.15, 0.2) is 5.16 Å². The molecule has 0 bridgehead atoms. The third-order valence-electron chi connectivity index (χ3n) is 2.41. The van der Waals surface area contributed by atoms with Crippen LogP contribution in [-0.4, -0.2) is 39.8 Å². The van der Waals surface area contributed by atoms with Crippen LogP contribution in [0.1, 0.15) is 12.2 Å². The Balaban J connectivity index is 2.05. The summed E-state index contributed by atoms with van der Waals surface area (Å²) in [5, 5.41) is 9.72. The fraction of sp³-hybridized carbons (Fsp3) is 0.778.